The molecule has 0 aliphatic heterocycles. The second-order valence-corrected chi connectivity index (χ2v) is 7.65. The molecule has 37 heavy (non-hydrogen) atoms. The van der Waals surface area contributed by atoms with Gasteiger partial charge in [0.2, 0.25) is 6.10 Å². The van der Waals surface area contributed by atoms with Crippen LogP contribution in [0.5, 0.6) is 17.2 Å². The van der Waals surface area contributed by atoms with E-state index in [4.69, 9.17) is 28.4 Å². The predicted octanol–water partition coefficient (Wildman–Crippen LogP) is 3.44. The van der Waals surface area contributed by atoms with E-state index in [9.17, 15) is 19.5 Å². The summed E-state index contributed by atoms with van der Waals surface area (Å²) in [4.78, 5) is 37.4. The van der Waals surface area contributed by atoms with Crippen LogP contribution in [0.2, 0.25) is 0 Å². The number of para-hydroxylation sites is 1. The molecule has 0 fully saturated rings. The molecule has 202 valence electrons. The number of carbonyl (C=O) groups is 3. The van der Waals surface area contributed by atoms with Gasteiger partial charge in [-0.05, 0) is 70.0 Å². The summed E-state index contributed by atoms with van der Waals surface area (Å²) in [6.07, 6.45) is -1.04. The summed E-state index contributed by atoms with van der Waals surface area (Å²) in [6, 6.07) is 16.6. The largest absolute Gasteiger partial charge is 0.494 e. The normalized spacial score (nSPS) is 11.8. The summed E-state index contributed by atoms with van der Waals surface area (Å²) in [5, 5.41) is 10.9. The quantitative estimate of drug-likeness (QED) is 0.153. The zero-order valence-corrected chi connectivity index (χ0v) is 21.3. The summed E-state index contributed by atoms with van der Waals surface area (Å²) in [6.45, 7) is 4.48. The van der Waals surface area contributed by atoms with Gasteiger partial charge < -0.3 is 33.5 Å². The molecule has 0 aromatic heterocycles. The lowest BCUT2D eigenvalue weighted by molar-refractivity contribution is -0.208. The Bertz CT molecular complexity index is 956. The fourth-order valence-corrected chi connectivity index (χ4v) is 3.18. The second kappa shape index (κ2) is 15.5. The number of esters is 3. The van der Waals surface area contributed by atoms with Crippen LogP contribution in [0, 0.1) is 0 Å². The molecule has 2 aromatic carbocycles. The van der Waals surface area contributed by atoms with E-state index in [1.54, 1.807) is 31.2 Å². The van der Waals surface area contributed by atoms with Crippen LogP contribution in [0.25, 0.3) is 0 Å². The van der Waals surface area contributed by atoms with Gasteiger partial charge in [-0.2, -0.15) is 0 Å². The Balaban J connectivity index is 1.89. The molecule has 0 heterocycles. The van der Waals surface area contributed by atoms with Crippen molar-refractivity contribution in [2.75, 3.05) is 33.0 Å². The monoisotopic (exact) mass is 518 g/mol. The zero-order valence-electron chi connectivity index (χ0n) is 21.3. The zero-order chi connectivity index (χ0) is 27.1. The first-order valence-corrected chi connectivity index (χ1v) is 12.2. The predicted molar refractivity (Wildman–Crippen MR) is 132 cm³/mol. The highest BCUT2D eigenvalue weighted by Gasteiger charge is 2.58. The van der Waals surface area contributed by atoms with Crippen LogP contribution in [0.3, 0.4) is 0 Å². The van der Waals surface area contributed by atoms with E-state index in [2.05, 4.69) is 0 Å². The van der Waals surface area contributed by atoms with Crippen molar-refractivity contribution < 1.29 is 47.9 Å². The Labute approximate surface area is 216 Å². The highest BCUT2D eigenvalue weighted by Crippen LogP contribution is 2.24. The first-order valence-electron chi connectivity index (χ1n) is 12.2. The molecule has 0 spiro atoms. The third-order valence-electron chi connectivity index (χ3n) is 4.95. The van der Waals surface area contributed by atoms with Gasteiger partial charge in [0.05, 0.1) is 26.4 Å². The Kier molecular flexibility index (Phi) is 12.4. The number of hydrogen-bond acceptors (Lipinski definition) is 10. The standard InChI is InChI=1S/C27H34O10/c1-4-32-24(28)23(27(31,25(29)33-5-2)26(30)34-6-3)36-19-11-10-18-35-20-14-16-22(17-15-20)37-21-12-8-7-9-13-21/h7-9,12-17,23,31H,4-6,10-11,18-19H2,1-3H3. The van der Waals surface area contributed by atoms with Crippen molar-refractivity contribution in [1.82, 2.24) is 0 Å². The fourth-order valence-electron chi connectivity index (χ4n) is 3.18. The smallest absolute Gasteiger partial charge is 0.353 e. The highest BCUT2D eigenvalue weighted by atomic mass is 16.6. The molecule has 1 unspecified atom stereocenters. The van der Waals surface area contributed by atoms with Gasteiger partial charge in [-0.3, -0.25) is 0 Å². The van der Waals surface area contributed by atoms with Crippen molar-refractivity contribution in [1.29, 1.82) is 0 Å². The minimum Gasteiger partial charge on any atom is -0.494 e. The van der Waals surface area contributed by atoms with E-state index in [1.807, 2.05) is 30.3 Å². The lowest BCUT2D eigenvalue weighted by Crippen LogP contribution is -2.61. The Morgan fingerprint density at radius 3 is 1.81 bits per heavy atom. The summed E-state index contributed by atoms with van der Waals surface area (Å²) >= 11 is 0. The van der Waals surface area contributed by atoms with Crippen LogP contribution >= 0.6 is 0 Å². The SMILES string of the molecule is CCOC(=O)C(OCCCCOc1ccc(Oc2ccccc2)cc1)C(O)(C(=O)OCC)C(=O)OCC. The molecule has 1 N–H and O–H groups in total. The van der Waals surface area contributed by atoms with Gasteiger partial charge in [-0.15, -0.1) is 0 Å². The highest BCUT2D eigenvalue weighted by molar-refractivity contribution is 6.08. The topological polar surface area (TPSA) is 127 Å². The Morgan fingerprint density at radius 1 is 0.730 bits per heavy atom. The number of hydrogen-bond donors (Lipinski definition) is 1. The summed E-state index contributed by atoms with van der Waals surface area (Å²) in [5.74, 6) is -1.74. The van der Waals surface area contributed by atoms with Gasteiger partial charge in [0.25, 0.3) is 5.60 Å². The lowest BCUT2D eigenvalue weighted by Gasteiger charge is -2.30. The van der Waals surface area contributed by atoms with E-state index in [-0.39, 0.29) is 26.4 Å². The molecule has 0 bridgehead atoms. The van der Waals surface area contributed by atoms with Crippen molar-refractivity contribution in [2.24, 2.45) is 0 Å². The number of aliphatic hydroxyl groups is 1. The molecule has 0 saturated heterocycles. The third-order valence-corrected chi connectivity index (χ3v) is 4.95. The van der Waals surface area contributed by atoms with Gasteiger partial charge in [0.15, 0.2) is 0 Å². The number of unbranched alkanes of at least 4 members (excludes halogenated alkanes) is 1. The van der Waals surface area contributed by atoms with Gasteiger partial charge >= 0.3 is 17.9 Å². The fraction of sp³-hybridized carbons (Fsp3) is 0.444. The molecular formula is C27H34O10. The van der Waals surface area contributed by atoms with Crippen LogP contribution in [0.1, 0.15) is 33.6 Å². The Morgan fingerprint density at radius 2 is 1.24 bits per heavy atom. The van der Waals surface area contributed by atoms with Crippen molar-refractivity contribution in [3.63, 3.8) is 0 Å². The van der Waals surface area contributed by atoms with Crippen LogP contribution in [0.15, 0.2) is 54.6 Å². The number of rotatable bonds is 16. The van der Waals surface area contributed by atoms with Gasteiger partial charge in [0, 0.05) is 6.61 Å². The summed E-state index contributed by atoms with van der Waals surface area (Å²) in [7, 11) is 0. The molecule has 1 atom stereocenters. The maximum Gasteiger partial charge on any atom is 0.353 e. The number of ether oxygens (including phenoxy) is 6. The van der Waals surface area contributed by atoms with Crippen molar-refractivity contribution in [3.8, 4) is 17.2 Å². The van der Waals surface area contributed by atoms with E-state index in [0.717, 1.165) is 5.75 Å². The van der Waals surface area contributed by atoms with Crippen LogP contribution in [-0.4, -0.2) is 67.8 Å². The van der Waals surface area contributed by atoms with Gasteiger partial charge in [0.1, 0.15) is 17.2 Å². The van der Waals surface area contributed by atoms with Crippen molar-refractivity contribution in [2.45, 2.75) is 45.3 Å². The number of benzene rings is 2. The minimum atomic E-state index is -3.00. The molecule has 2 aromatic rings. The average molecular weight is 519 g/mol. The van der Waals surface area contributed by atoms with Gasteiger partial charge in [-0.1, -0.05) is 18.2 Å². The molecule has 10 heteroatoms. The van der Waals surface area contributed by atoms with E-state index in [0.29, 0.717) is 30.9 Å². The molecule has 0 radical (unpaired) electrons. The number of carbonyl (C=O) groups excluding carboxylic acids is 3. The molecule has 10 nitrogen and oxygen atoms in total. The first kappa shape index (κ1) is 29.6. The average Bonchev–Trinajstić information content (AvgIpc) is 2.89. The maximum absolute atomic E-state index is 12.5. The van der Waals surface area contributed by atoms with Crippen molar-refractivity contribution in [3.05, 3.63) is 54.6 Å². The van der Waals surface area contributed by atoms with Crippen LogP contribution < -0.4 is 9.47 Å². The van der Waals surface area contributed by atoms with E-state index >= 15 is 0 Å². The molecule has 0 amide bonds. The Hall–Kier alpha value is -3.63. The lowest BCUT2D eigenvalue weighted by atomic mass is 9.96. The summed E-state index contributed by atoms with van der Waals surface area (Å²) < 4.78 is 31.5. The molecule has 2 rings (SSSR count). The van der Waals surface area contributed by atoms with E-state index in [1.165, 1.54) is 13.8 Å². The molecular weight excluding hydrogens is 484 g/mol. The maximum atomic E-state index is 12.5. The van der Waals surface area contributed by atoms with Crippen molar-refractivity contribution >= 4 is 17.9 Å². The van der Waals surface area contributed by atoms with Gasteiger partial charge in [-0.25, -0.2) is 14.4 Å². The second-order valence-electron chi connectivity index (χ2n) is 7.65. The third kappa shape index (κ3) is 8.76. The summed E-state index contributed by atoms with van der Waals surface area (Å²) in [5.41, 5.74) is -3.00. The van der Waals surface area contributed by atoms with Crippen LogP contribution in [-0.2, 0) is 33.3 Å². The molecule has 0 aliphatic rings. The first-order chi connectivity index (χ1) is 17.9. The minimum absolute atomic E-state index is 0.0521. The van der Waals surface area contributed by atoms with Crippen LogP contribution in [0.4, 0.5) is 0 Å². The molecule has 0 aliphatic carbocycles. The molecule has 0 saturated carbocycles. The van der Waals surface area contributed by atoms with E-state index < -0.39 is 29.6 Å².